The number of benzene rings is 1. The SMILES string of the molecule is CN(C)S(=O)(=O)c1ccc(NCCC2CCOC2)c(N)c1. The van der Waals surface area contributed by atoms with Crippen LogP contribution in [0.1, 0.15) is 12.8 Å². The number of ether oxygens (including phenoxy) is 1. The van der Waals surface area contributed by atoms with Crippen molar-refractivity contribution >= 4 is 21.4 Å². The molecule has 1 fully saturated rings. The first-order valence-corrected chi connectivity index (χ1v) is 8.49. The molecule has 0 aliphatic carbocycles. The van der Waals surface area contributed by atoms with E-state index in [0.717, 1.165) is 38.3 Å². The molecule has 118 valence electrons. The van der Waals surface area contributed by atoms with E-state index in [1.807, 2.05) is 0 Å². The van der Waals surface area contributed by atoms with Crippen LogP contribution in [0.3, 0.4) is 0 Å². The van der Waals surface area contributed by atoms with Gasteiger partial charge in [-0.1, -0.05) is 0 Å². The molecule has 1 atom stereocenters. The number of nitrogen functional groups attached to an aromatic ring is 1. The first-order chi connectivity index (χ1) is 9.91. The van der Waals surface area contributed by atoms with Crippen molar-refractivity contribution in [2.24, 2.45) is 5.92 Å². The monoisotopic (exact) mass is 313 g/mol. The van der Waals surface area contributed by atoms with Crippen LogP contribution in [0.4, 0.5) is 11.4 Å². The van der Waals surface area contributed by atoms with Crippen LogP contribution in [0.15, 0.2) is 23.1 Å². The summed E-state index contributed by atoms with van der Waals surface area (Å²) in [5.74, 6) is 0.604. The number of nitrogens with two attached hydrogens (primary N) is 1. The van der Waals surface area contributed by atoms with Crippen LogP contribution >= 0.6 is 0 Å². The number of nitrogens with one attached hydrogen (secondary N) is 1. The highest BCUT2D eigenvalue weighted by Gasteiger charge is 2.18. The van der Waals surface area contributed by atoms with Crippen LogP contribution in [-0.4, -0.2) is 46.6 Å². The van der Waals surface area contributed by atoms with Crippen molar-refractivity contribution in [1.29, 1.82) is 0 Å². The minimum atomic E-state index is -3.44. The molecule has 1 saturated heterocycles. The van der Waals surface area contributed by atoms with E-state index < -0.39 is 10.0 Å². The maximum atomic E-state index is 12.0. The Morgan fingerprint density at radius 2 is 2.19 bits per heavy atom. The largest absolute Gasteiger partial charge is 0.397 e. The summed E-state index contributed by atoms with van der Waals surface area (Å²) in [4.78, 5) is 0.208. The molecular formula is C14H23N3O3S. The second kappa shape index (κ2) is 6.64. The van der Waals surface area contributed by atoms with Crippen molar-refractivity contribution in [2.45, 2.75) is 17.7 Å². The number of rotatable bonds is 6. The molecule has 2 rings (SSSR count). The lowest BCUT2D eigenvalue weighted by Gasteiger charge is -2.15. The molecular weight excluding hydrogens is 290 g/mol. The lowest BCUT2D eigenvalue weighted by molar-refractivity contribution is 0.185. The minimum absolute atomic E-state index is 0.208. The number of anilines is 2. The molecule has 1 heterocycles. The number of sulfonamides is 1. The molecule has 0 amide bonds. The van der Waals surface area contributed by atoms with Gasteiger partial charge in [0.05, 0.1) is 16.3 Å². The normalized spacial score (nSPS) is 19.1. The molecule has 0 bridgehead atoms. The Balaban J connectivity index is 1.99. The van der Waals surface area contributed by atoms with Gasteiger partial charge < -0.3 is 15.8 Å². The van der Waals surface area contributed by atoms with Gasteiger partial charge in [-0.05, 0) is 37.0 Å². The third kappa shape index (κ3) is 3.87. The zero-order valence-corrected chi connectivity index (χ0v) is 13.3. The summed E-state index contributed by atoms with van der Waals surface area (Å²) in [7, 11) is -0.438. The first-order valence-electron chi connectivity index (χ1n) is 7.05. The Hall–Kier alpha value is -1.31. The predicted molar refractivity (Wildman–Crippen MR) is 83.8 cm³/mol. The fraction of sp³-hybridized carbons (Fsp3) is 0.571. The zero-order chi connectivity index (χ0) is 15.5. The van der Waals surface area contributed by atoms with Crippen LogP contribution in [0.25, 0.3) is 0 Å². The van der Waals surface area contributed by atoms with E-state index in [4.69, 9.17) is 10.5 Å². The van der Waals surface area contributed by atoms with E-state index in [9.17, 15) is 8.42 Å². The van der Waals surface area contributed by atoms with Gasteiger partial charge in [0.25, 0.3) is 0 Å². The minimum Gasteiger partial charge on any atom is -0.397 e. The Morgan fingerprint density at radius 1 is 1.43 bits per heavy atom. The molecule has 0 spiro atoms. The zero-order valence-electron chi connectivity index (χ0n) is 12.5. The van der Waals surface area contributed by atoms with E-state index in [1.54, 1.807) is 12.1 Å². The highest BCUT2D eigenvalue weighted by atomic mass is 32.2. The van der Waals surface area contributed by atoms with E-state index in [-0.39, 0.29) is 4.90 Å². The third-order valence-corrected chi connectivity index (χ3v) is 5.50. The highest BCUT2D eigenvalue weighted by Crippen LogP contribution is 2.24. The fourth-order valence-corrected chi connectivity index (χ4v) is 3.23. The Labute approximate surface area is 126 Å². The fourth-order valence-electron chi connectivity index (χ4n) is 2.30. The van der Waals surface area contributed by atoms with Gasteiger partial charge in [-0.25, -0.2) is 12.7 Å². The predicted octanol–water partition coefficient (Wildman–Crippen LogP) is 1.36. The van der Waals surface area contributed by atoms with Gasteiger partial charge in [0, 0.05) is 33.9 Å². The average Bonchev–Trinajstić information content (AvgIpc) is 2.93. The van der Waals surface area contributed by atoms with Crippen molar-refractivity contribution in [3.8, 4) is 0 Å². The van der Waals surface area contributed by atoms with Gasteiger partial charge in [0.2, 0.25) is 10.0 Å². The van der Waals surface area contributed by atoms with Gasteiger partial charge in [-0.3, -0.25) is 0 Å². The van der Waals surface area contributed by atoms with Gasteiger partial charge in [-0.2, -0.15) is 0 Å². The molecule has 1 unspecified atom stereocenters. The highest BCUT2D eigenvalue weighted by molar-refractivity contribution is 7.89. The van der Waals surface area contributed by atoms with E-state index in [2.05, 4.69) is 5.32 Å². The maximum absolute atomic E-state index is 12.0. The Kier molecular flexibility index (Phi) is 5.08. The summed E-state index contributed by atoms with van der Waals surface area (Å²) in [6, 6.07) is 4.79. The molecule has 0 saturated carbocycles. The lowest BCUT2D eigenvalue weighted by atomic mass is 10.1. The summed E-state index contributed by atoms with van der Waals surface area (Å²) in [6.07, 6.45) is 2.13. The summed E-state index contributed by atoms with van der Waals surface area (Å²) in [6.45, 7) is 2.49. The molecule has 21 heavy (non-hydrogen) atoms. The average molecular weight is 313 g/mol. The van der Waals surface area contributed by atoms with Crippen LogP contribution in [0.5, 0.6) is 0 Å². The van der Waals surface area contributed by atoms with Crippen LogP contribution < -0.4 is 11.1 Å². The molecule has 7 heteroatoms. The first kappa shape index (κ1) is 16.1. The van der Waals surface area contributed by atoms with Crippen molar-refractivity contribution in [3.05, 3.63) is 18.2 Å². The molecule has 0 aromatic heterocycles. The second-order valence-corrected chi connectivity index (χ2v) is 7.63. The van der Waals surface area contributed by atoms with Crippen molar-refractivity contribution in [3.63, 3.8) is 0 Å². The van der Waals surface area contributed by atoms with E-state index in [0.29, 0.717) is 11.6 Å². The number of hydrogen-bond acceptors (Lipinski definition) is 5. The standard InChI is InChI=1S/C14H23N3O3S/c1-17(2)21(18,19)12-3-4-14(13(15)9-12)16-7-5-11-6-8-20-10-11/h3-4,9,11,16H,5-8,10,15H2,1-2H3. The van der Waals surface area contributed by atoms with Gasteiger partial charge in [0.15, 0.2) is 0 Å². The second-order valence-electron chi connectivity index (χ2n) is 5.48. The lowest BCUT2D eigenvalue weighted by Crippen LogP contribution is -2.22. The summed E-state index contributed by atoms with van der Waals surface area (Å²) in [5, 5.41) is 3.26. The molecule has 3 N–H and O–H groups in total. The molecule has 6 nitrogen and oxygen atoms in total. The molecule has 0 radical (unpaired) electrons. The summed E-state index contributed by atoms with van der Waals surface area (Å²) < 4.78 is 30.6. The van der Waals surface area contributed by atoms with Gasteiger partial charge in [-0.15, -0.1) is 0 Å². The number of hydrogen-bond donors (Lipinski definition) is 2. The van der Waals surface area contributed by atoms with Gasteiger partial charge >= 0.3 is 0 Å². The smallest absolute Gasteiger partial charge is 0.242 e. The Bertz CT molecular complexity index is 581. The van der Waals surface area contributed by atoms with E-state index in [1.165, 1.54) is 24.5 Å². The van der Waals surface area contributed by atoms with Crippen LogP contribution in [0, 0.1) is 5.92 Å². The van der Waals surface area contributed by atoms with Crippen LogP contribution in [-0.2, 0) is 14.8 Å². The number of nitrogens with zero attached hydrogens (tertiary/aromatic N) is 1. The van der Waals surface area contributed by atoms with Gasteiger partial charge in [0.1, 0.15) is 0 Å². The molecule has 1 aliphatic heterocycles. The van der Waals surface area contributed by atoms with Crippen molar-refractivity contribution in [1.82, 2.24) is 4.31 Å². The van der Waals surface area contributed by atoms with E-state index >= 15 is 0 Å². The third-order valence-electron chi connectivity index (χ3n) is 3.69. The van der Waals surface area contributed by atoms with Crippen molar-refractivity contribution in [2.75, 3.05) is 44.9 Å². The maximum Gasteiger partial charge on any atom is 0.242 e. The van der Waals surface area contributed by atoms with Crippen LogP contribution in [0.2, 0.25) is 0 Å². The Morgan fingerprint density at radius 3 is 2.76 bits per heavy atom. The van der Waals surface area contributed by atoms with Crippen molar-refractivity contribution < 1.29 is 13.2 Å². The summed E-state index contributed by atoms with van der Waals surface area (Å²) >= 11 is 0. The topological polar surface area (TPSA) is 84.7 Å². The molecule has 1 aromatic rings. The summed E-state index contributed by atoms with van der Waals surface area (Å²) in [5.41, 5.74) is 7.16. The quantitative estimate of drug-likeness (QED) is 0.775. The molecule has 1 aromatic carbocycles. The molecule has 1 aliphatic rings.